The highest BCUT2D eigenvalue weighted by molar-refractivity contribution is 7.93. The summed E-state index contributed by atoms with van der Waals surface area (Å²) in [5, 5.41) is 3.92. The molecule has 1 aromatic carbocycles. The lowest BCUT2D eigenvalue weighted by molar-refractivity contribution is 0.416. The van der Waals surface area contributed by atoms with Crippen LogP contribution in [0.2, 0.25) is 0 Å². The molecule has 114 valence electrons. The Morgan fingerprint density at radius 3 is 2.52 bits per heavy atom. The lowest BCUT2D eigenvalue weighted by Gasteiger charge is -2.12. The summed E-state index contributed by atoms with van der Waals surface area (Å²) in [6.07, 6.45) is 0. The zero-order chi connectivity index (χ0) is 15.8. The van der Waals surface area contributed by atoms with E-state index >= 15 is 0 Å². The van der Waals surface area contributed by atoms with Gasteiger partial charge in [-0.3, -0.25) is 9.40 Å². The number of hydrogen-bond donors (Lipinski definition) is 2. The smallest absolute Gasteiger partial charge is 0.267 e. The molecule has 1 aromatic heterocycles. The van der Waals surface area contributed by atoms with Crippen LogP contribution in [0.3, 0.4) is 0 Å². The zero-order valence-electron chi connectivity index (χ0n) is 12.3. The molecule has 0 saturated carbocycles. The number of aryl methyl sites for hydroxylation is 2. The van der Waals surface area contributed by atoms with Crippen molar-refractivity contribution >= 4 is 21.5 Å². The average molecular weight is 310 g/mol. The van der Waals surface area contributed by atoms with Crippen LogP contribution in [0.5, 0.6) is 5.75 Å². The minimum absolute atomic E-state index is 0.0207. The SMILES string of the molecule is COc1cc(C)ccc1NS(=O)(=O)c1c(N)nn(C)c1C. The number of methoxy groups -OCH3 is 1. The topological polar surface area (TPSA) is 99.2 Å². The van der Waals surface area contributed by atoms with Crippen molar-refractivity contribution in [1.29, 1.82) is 0 Å². The van der Waals surface area contributed by atoms with Crippen LogP contribution in [0, 0.1) is 13.8 Å². The van der Waals surface area contributed by atoms with Crippen LogP contribution >= 0.6 is 0 Å². The predicted octanol–water partition coefficient (Wildman–Crippen LogP) is 1.43. The molecule has 0 amide bonds. The minimum atomic E-state index is -3.84. The first kappa shape index (κ1) is 15.2. The molecular weight excluding hydrogens is 292 g/mol. The highest BCUT2D eigenvalue weighted by atomic mass is 32.2. The van der Waals surface area contributed by atoms with E-state index in [1.165, 1.54) is 11.8 Å². The molecule has 0 atom stereocenters. The predicted molar refractivity (Wildman–Crippen MR) is 80.9 cm³/mol. The number of nitrogens with one attached hydrogen (secondary N) is 1. The van der Waals surface area contributed by atoms with Gasteiger partial charge in [-0.1, -0.05) is 6.07 Å². The summed E-state index contributed by atoms with van der Waals surface area (Å²) in [6, 6.07) is 5.19. The number of anilines is 2. The number of nitrogen functional groups attached to an aromatic ring is 1. The number of nitrogens with zero attached hydrogens (tertiary/aromatic N) is 2. The van der Waals surface area contributed by atoms with E-state index in [0.717, 1.165) is 5.56 Å². The maximum Gasteiger partial charge on any atom is 0.267 e. The molecule has 7 nitrogen and oxygen atoms in total. The van der Waals surface area contributed by atoms with Crippen molar-refractivity contribution in [1.82, 2.24) is 9.78 Å². The van der Waals surface area contributed by atoms with Gasteiger partial charge in [-0.05, 0) is 31.5 Å². The van der Waals surface area contributed by atoms with Gasteiger partial charge in [0.2, 0.25) is 0 Å². The monoisotopic (exact) mass is 310 g/mol. The number of nitrogens with two attached hydrogens (primary N) is 1. The van der Waals surface area contributed by atoms with E-state index < -0.39 is 10.0 Å². The molecule has 0 bridgehead atoms. The van der Waals surface area contributed by atoms with Gasteiger partial charge in [0.1, 0.15) is 5.75 Å². The maximum atomic E-state index is 12.5. The number of ether oxygens (including phenoxy) is 1. The fraction of sp³-hybridized carbons (Fsp3) is 0.308. The Kier molecular flexibility index (Phi) is 3.82. The lowest BCUT2D eigenvalue weighted by atomic mass is 10.2. The second-order valence-corrected chi connectivity index (χ2v) is 6.35. The third-order valence-electron chi connectivity index (χ3n) is 3.17. The van der Waals surface area contributed by atoms with E-state index in [-0.39, 0.29) is 10.7 Å². The third-order valence-corrected chi connectivity index (χ3v) is 4.71. The molecule has 1 heterocycles. The number of rotatable bonds is 4. The van der Waals surface area contributed by atoms with Crippen molar-refractivity contribution in [3.05, 3.63) is 29.5 Å². The van der Waals surface area contributed by atoms with Crippen molar-refractivity contribution in [2.24, 2.45) is 7.05 Å². The van der Waals surface area contributed by atoms with Crippen molar-refractivity contribution in [2.45, 2.75) is 18.7 Å². The van der Waals surface area contributed by atoms with Gasteiger partial charge in [0.05, 0.1) is 18.5 Å². The summed E-state index contributed by atoms with van der Waals surface area (Å²) in [5.41, 5.74) is 7.48. The number of hydrogen-bond acceptors (Lipinski definition) is 5. The van der Waals surface area contributed by atoms with E-state index in [1.54, 1.807) is 32.2 Å². The summed E-state index contributed by atoms with van der Waals surface area (Å²) >= 11 is 0. The van der Waals surface area contributed by atoms with E-state index in [9.17, 15) is 8.42 Å². The summed E-state index contributed by atoms with van der Waals surface area (Å²) in [6.45, 7) is 3.54. The highest BCUT2D eigenvalue weighted by Crippen LogP contribution is 2.30. The van der Waals surface area contributed by atoms with Crippen molar-refractivity contribution in [2.75, 3.05) is 17.6 Å². The van der Waals surface area contributed by atoms with Crippen LogP contribution in [-0.2, 0) is 17.1 Å². The Morgan fingerprint density at radius 2 is 2.00 bits per heavy atom. The summed E-state index contributed by atoms with van der Waals surface area (Å²) in [4.78, 5) is -0.0207. The number of benzene rings is 1. The lowest BCUT2D eigenvalue weighted by Crippen LogP contribution is -2.16. The van der Waals surface area contributed by atoms with Gasteiger partial charge in [0, 0.05) is 7.05 Å². The third kappa shape index (κ3) is 2.80. The van der Waals surface area contributed by atoms with Crippen LogP contribution in [0.4, 0.5) is 11.5 Å². The molecule has 3 N–H and O–H groups in total. The molecule has 0 spiro atoms. The van der Waals surface area contributed by atoms with Crippen molar-refractivity contribution < 1.29 is 13.2 Å². The normalized spacial score (nSPS) is 11.4. The van der Waals surface area contributed by atoms with E-state index in [1.807, 2.05) is 6.92 Å². The van der Waals surface area contributed by atoms with Gasteiger partial charge >= 0.3 is 0 Å². The Morgan fingerprint density at radius 1 is 1.33 bits per heavy atom. The van der Waals surface area contributed by atoms with Crippen LogP contribution in [0.25, 0.3) is 0 Å². The molecule has 0 aliphatic rings. The van der Waals surface area contributed by atoms with E-state index in [0.29, 0.717) is 17.1 Å². The zero-order valence-corrected chi connectivity index (χ0v) is 13.2. The van der Waals surface area contributed by atoms with Gasteiger partial charge in [0.25, 0.3) is 10.0 Å². The molecule has 0 fully saturated rings. The van der Waals surface area contributed by atoms with Crippen molar-refractivity contribution in [3.8, 4) is 5.75 Å². The Hall–Kier alpha value is -2.22. The molecule has 0 unspecified atom stereocenters. The molecule has 2 rings (SSSR count). The standard InChI is InChI=1S/C13H18N4O3S/c1-8-5-6-10(11(7-8)20-4)16-21(18,19)12-9(2)17(3)15-13(12)14/h5-7,16H,1-4H3,(H2,14,15). The van der Waals surface area contributed by atoms with Gasteiger partial charge in [-0.25, -0.2) is 8.42 Å². The molecule has 0 aliphatic carbocycles. The van der Waals surface area contributed by atoms with Gasteiger partial charge in [-0.2, -0.15) is 5.10 Å². The minimum Gasteiger partial charge on any atom is -0.495 e. The molecule has 8 heteroatoms. The second kappa shape index (κ2) is 5.28. The average Bonchev–Trinajstić information content (AvgIpc) is 2.65. The number of sulfonamides is 1. The molecule has 21 heavy (non-hydrogen) atoms. The maximum absolute atomic E-state index is 12.5. The first-order valence-electron chi connectivity index (χ1n) is 6.23. The van der Waals surface area contributed by atoms with Gasteiger partial charge < -0.3 is 10.5 Å². The summed E-state index contributed by atoms with van der Waals surface area (Å²) in [7, 11) is -0.719. The second-order valence-electron chi connectivity index (χ2n) is 4.73. The van der Waals surface area contributed by atoms with Gasteiger partial charge in [-0.15, -0.1) is 0 Å². The van der Waals surface area contributed by atoms with Crippen LogP contribution < -0.4 is 15.2 Å². The van der Waals surface area contributed by atoms with Gasteiger partial charge in [0.15, 0.2) is 10.7 Å². The first-order chi connectivity index (χ1) is 9.76. The van der Waals surface area contributed by atoms with E-state index in [4.69, 9.17) is 10.5 Å². The van der Waals surface area contributed by atoms with Crippen LogP contribution in [0.15, 0.2) is 23.1 Å². The number of aromatic nitrogens is 2. The summed E-state index contributed by atoms with van der Waals surface area (Å²) < 4.78 is 34.1. The fourth-order valence-corrected chi connectivity index (χ4v) is 3.42. The van der Waals surface area contributed by atoms with E-state index in [2.05, 4.69) is 9.82 Å². The van der Waals surface area contributed by atoms with Crippen molar-refractivity contribution in [3.63, 3.8) is 0 Å². The van der Waals surface area contributed by atoms with Crippen LogP contribution in [0.1, 0.15) is 11.3 Å². The Labute approximate surface area is 123 Å². The molecular formula is C13H18N4O3S. The molecule has 0 radical (unpaired) electrons. The molecule has 0 aliphatic heterocycles. The quantitative estimate of drug-likeness (QED) is 0.890. The fourth-order valence-electron chi connectivity index (χ4n) is 2.02. The largest absolute Gasteiger partial charge is 0.495 e. The first-order valence-corrected chi connectivity index (χ1v) is 7.71. The molecule has 2 aromatic rings. The Balaban J connectivity index is 2.47. The highest BCUT2D eigenvalue weighted by Gasteiger charge is 2.25. The Bertz CT molecular complexity index is 781. The summed E-state index contributed by atoms with van der Waals surface area (Å²) in [5.74, 6) is 0.410. The van der Waals surface area contributed by atoms with Crippen LogP contribution in [-0.4, -0.2) is 25.3 Å². The molecule has 0 saturated heterocycles.